The summed E-state index contributed by atoms with van der Waals surface area (Å²) in [5.74, 6) is -2.87. The zero-order chi connectivity index (χ0) is 10.0. The van der Waals surface area contributed by atoms with E-state index < -0.39 is 11.8 Å². The molecule has 0 N–H and O–H groups in total. The molecule has 1 atom stereocenters. The van der Waals surface area contributed by atoms with E-state index in [1.54, 1.807) is 0 Å². The first-order chi connectivity index (χ1) is 6.68. The van der Waals surface area contributed by atoms with Crippen LogP contribution in [0.3, 0.4) is 0 Å². The van der Waals surface area contributed by atoms with Crippen LogP contribution in [0.4, 0.5) is 8.78 Å². The summed E-state index contributed by atoms with van der Waals surface area (Å²) >= 11 is 0. The fourth-order valence-electron chi connectivity index (χ4n) is 2.15. The summed E-state index contributed by atoms with van der Waals surface area (Å²) in [6.45, 7) is 0. The van der Waals surface area contributed by atoms with Crippen molar-refractivity contribution in [2.24, 2.45) is 5.92 Å². The molecule has 14 heavy (non-hydrogen) atoms. The number of hydrogen-bond acceptors (Lipinski definition) is 0. The van der Waals surface area contributed by atoms with Gasteiger partial charge in [-0.2, -0.15) is 0 Å². The van der Waals surface area contributed by atoms with Gasteiger partial charge in [0.1, 0.15) is 0 Å². The van der Waals surface area contributed by atoms with Crippen LogP contribution in [0.15, 0.2) is 30.3 Å². The molecule has 0 aliphatic heterocycles. The fraction of sp³-hybridized carbons (Fsp3) is 0.500. The van der Waals surface area contributed by atoms with Crippen LogP contribution in [0.5, 0.6) is 0 Å². The lowest BCUT2D eigenvalue weighted by Crippen LogP contribution is -2.23. The van der Waals surface area contributed by atoms with Gasteiger partial charge in [-0.3, -0.25) is 0 Å². The van der Waals surface area contributed by atoms with Crippen molar-refractivity contribution < 1.29 is 8.78 Å². The minimum absolute atomic E-state index is 0.0739. The predicted octanol–water partition coefficient (Wildman–Crippen LogP) is 3.66. The van der Waals surface area contributed by atoms with E-state index in [1.807, 2.05) is 30.3 Å². The first-order valence-electron chi connectivity index (χ1n) is 5.10. The Balaban J connectivity index is 2.05. The fourth-order valence-corrected chi connectivity index (χ4v) is 2.15. The molecule has 76 valence electrons. The Labute approximate surface area is 82.9 Å². The minimum Gasteiger partial charge on any atom is -0.207 e. The summed E-state index contributed by atoms with van der Waals surface area (Å²) in [6, 6.07) is 9.57. The molecule has 0 nitrogen and oxygen atoms in total. The molecule has 1 aromatic carbocycles. The highest BCUT2D eigenvalue weighted by atomic mass is 19.3. The molecule has 0 bridgehead atoms. The van der Waals surface area contributed by atoms with Crippen LogP contribution in [0.2, 0.25) is 0 Å². The van der Waals surface area contributed by atoms with Gasteiger partial charge >= 0.3 is 0 Å². The van der Waals surface area contributed by atoms with Crippen molar-refractivity contribution in [3.05, 3.63) is 35.9 Å². The van der Waals surface area contributed by atoms with Crippen molar-refractivity contribution in [3.8, 4) is 0 Å². The van der Waals surface area contributed by atoms with E-state index in [0.717, 1.165) is 5.56 Å². The molecule has 0 spiro atoms. The third-order valence-electron chi connectivity index (χ3n) is 2.98. The van der Waals surface area contributed by atoms with Gasteiger partial charge in [-0.1, -0.05) is 30.3 Å². The first-order valence-corrected chi connectivity index (χ1v) is 5.10. The van der Waals surface area contributed by atoms with Crippen LogP contribution in [-0.4, -0.2) is 5.92 Å². The molecular weight excluding hydrogens is 182 g/mol. The van der Waals surface area contributed by atoms with Crippen LogP contribution in [0.25, 0.3) is 0 Å². The molecule has 2 rings (SSSR count). The maximum atomic E-state index is 13.3. The molecular formula is C12H14F2. The predicted molar refractivity (Wildman–Crippen MR) is 52.4 cm³/mol. The summed E-state index contributed by atoms with van der Waals surface area (Å²) in [7, 11) is 0. The summed E-state index contributed by atoms with van der Waals surface area (Å²) in [5.41, 5.74) is 1.03. The molecule has 0 amide bonds. The SMILES string of the molecule is FC1(F)CCC[C@H]1Cc1ccccc1. The second-order valence-electron chi connectivity index (χ2n) is 4.04. The average Bonchev–Trinajstić information content (AvgIpc) is 2.48. The Morgan fingerprint density at radius 1 is 1.21 bits per heavy atom. The number of benzene rings is 1. The van der Waals surface area contributed by atoms with Crippen LogP contribution >= 0.6 is 0 Å². The maximum Gasteiger partial charge on any atom is 0.251 e. The minimum atomic E-state index is -2.43. The van der Waals surface area contributed by atoms with Gasteiger partial charge in [0.05, 0.1) is 0 Å². The molecule has 0 saturated heterocycles. The standard InChI is InChI=1S/C12H14F2/c13-12(14)8-4-7-11(12)9-10-5-2-1-3-6-10/h1-3,5-6,11H,4,7-9H2/t11-/m0/s1. The smallest absolute Gasteiger partial charge is 0.207 e. The van der Waals surface area contributed by atoms with Crippen LogP contribution < -0.4 is 0 Å². The first kappa shape index (κ1) is 9.63. The normalized spacial score (nSPS) is 25.1. The zero-order valence-electron chi connectivity index (χ0n) is 8.05. The second-order valence-corrected chi connectivity index (χ2v) is 4.04. The number of hydrogen-bond donors (Lipinski definition) is 0. The highest BCUT2D eigenvalue weighted by Gasteiger charge is 2.43. The van der Waals surface area contributed by atoms with Gasteiger partial charge in [0.2, 0.25) is 0 Å². The van der Waals surface area contributed by atoms with Crippen molar-refractivity contribution in [3.63, 3.8) is 0 Å². The zero-order valence-corrected chi connectivity index (χ0v) is 8.05. The molecule has 1 aliphatic carbocycles. The number of halogens is 2. The Morgan fingerprint density at radius 3 is 2.50 bits per heavy atom. The molecule has 1 aromatic rings. The largest absolute Gasteiger partial charge is 0.251 e. The van der Waals surface area contributed by atoms with Gasteiger partial charge in [0.25, 0.3) is 5.92 Å². The molecule has 0 heterocycles. The van der Waals surface area contributed by atoms with Crippen molar-refractivity contribution in [2.75, 3.05) is 0 Å². The van der Waals surface area contributed by atoms with E-state index in [9.17, 15) is 8.78 Å². The lowest BCUT2D eigenvalue weighted by Gasteiger charge is -2.18. The Kier molecular flexibility index (Phi) is 2.53. The topological polar surface area (TPSA) is 0 Å². The second kappa shape index (κ2) is 3.68. The van der Waals surface area contributed by atoms with E-state index in [-0.39, 0.29) is 6.42 Å². The highest BCUT2D eigenvalue weighted by Crippen LogP contribution is 2.41. The molecule has 1 saturated carbocycles. The summed E-state index contributed by atoms with van der Waals surface area (Å²) in [4.78, 5) is 0. The van der Waals surface area contributed by atoms with Crippen LogP contribution in [0.1, 0.15) is 24.8 Å². The van der Waals surface area contributed by atoms with E-state index in [2.05, 4.69) is 0 Å². The molecule has 2 heteroatoms. The lowest BCUT2D eigenvalue weighted by atomic mass is 9.96. The highest BCUT2D eigenvalue weighted by molar-refractivity contribution is 5.16. The van der Waals surface area contributed by atoms with Crippen molar-refractivity contribution in [1.29, 1.82) is 0 Å². The van der Waals surface area contributed by atoms with Crippen molar-refractivity contribution in [2.45, 2.75) is 31.6 Å². The molecule has 1 aliphatic rings. The number of rotatable bonds is 2. The van der Waals surface area contributed by atoms with E-state index in [4.69, 9.17) is 0 Å². The lowest BCUT2D eigenvalue weighted by molar-refractivity contribution is -0.0363. The van der Waals surface area contributed by atoms with Gasteiger partial charge in [-0.15, -0.1) is 0 Å². The van der Waals surface area contributed by atoms with E-state index in [0.29, 0.717) is 19.3 Å². The van der Waals surface area contributed by atoms with Gasteiger partial charge in [0.15, 0.2) is 0 Å². The Bertz CT molecular complexity index is 292. The van der Waals surface area contributed by atoms with Crippen LogP contribution in [0, 0.1) is 5.92 Å². The Hall–Kier alpha value is -0.920. The third-order valence-corrected chi connectivity index (χ3v) is 2.98. The molecule has 0 aromatic heterocycles. The van der Waals surface area contributed by atoms with Crippen LogP contribution in [-0.2, 0) is 6.42 Å². The molecule has 0 unspecified atom stereocenters. The summed E-state index contributed by atoms with van der Waals surface area (Å²) in [6.07, 6.45) is 1.94. The van der Waals surface area contributed by atoms with Gasteiger partial charge in [-0.05, 0) is 24.8 Å². The average molecular weight is 196 g/mol. The van der Waals surface area contributed by atoms with Gasteiger partial charge in [0, 0.05) is 12.3 Å². The quantitative estimate of drug-likeness (QED) is 0.677. The summed E-state index contributed by atoms with van der Waals surface area (Å²) < 4.78 is 26.6. The summed E-state index contributed by atoms with van der Waals surface area (Å²) in [5, 5.41) is 0. The molecule has 1 fully saturated rings. The third kappa shape index (κ3) is 1.94. The Morgan fingerprint density at radius 2 is 1.93 bits per heavy atom. The van der Waals surface area contributed by atoms with Gasteiger partial charge < -0.3 is 0 Å². The maximum absolute atomic E-state index is 13.3. The van der Waals surface area contributed by atoms with Crippen molar-refractivity contribution in [1.82, 2.24) is 0 Å². The van der Waals surface area contributed by atoms with E-state index >= 15 is 0 Å². The number of alkyl halides is 2. The van der Waals surface area contributed by atoms with E-state index in [1.165, 1.54) is 0 Å². The monoisotopic (exact) mass is 196 g/mol. The van der Waals surface area contributed by atoms with Crippen molar-refractivity contribution >= 4 is 0 Å². The van der Waals surface area contributed by atoms with Gasteiger partial charge in [-0.25, -0.2) is 8.78 Å². The molecule has 0 radical (unpaired) electrons.